The van der Waals surface area contributed by atoms with Gasteiger partial charge >= 0.3 is 0 Å². The van der Waals surface area contributed by atoms with E-state index in [2.05, 4.69) is 35.3 Å². The number of halogens is 1. The van der Waals surface area contributed by atoms with E-state index in [1.807, 2.05) is 44.3 Å². The second-order valence-electron chi connectivity index (χ2n) is 9.76. The maximum Gasteiger partial charge on any atom is 0.163 e. The molecule has 0 saturated carbocycles. The maximum atomic E-state index is 14.4. The molecule has 4 aromatic rings. The lowest BCUT2D eigenvalue weighted by molar-refractivity contribution is -0.00950. The number of anilines is 3. The number of H-pyrrole nitrogens is 1. The fourth-order valence-electron chi connectivity index (χ4n) is 5.21. The van der Waals surface area contributed by atoms with E-state index in [0.717, 1.165) is 42.3 Å². The SMILES string of the molecule is COc1ccc(F)c(CN2C3CC2CN(c2ccc(-c4nc(C)cc(Nc5cc(C)[nH]n5)n4)cn2)C3)c1. The van der Waals surface area contributed by atoms with E-state index < -0.39 is 0 Å². The van der Waals surface area contributed by atoms with E-state index in [9.17, 15) is 4.39 Å². The molecule has 9 nitrogen and oxygen atoms in total. The minimum absolute atomic E-state index is 0.184. The van der Waals surface area contributed by atoms with Crippen LogP contribution in [0, 0.1) is 19.7 Å². The summed E-state index contributed by atoms with van der Waals surface area (Å²) in [7, 11) is 1.61. The standard InChI is InChI=1S/C27H29FN8O/c1-16-8-24(31-25-9-17(2)33-34-25)32-27(30-16)18-4-7-26(29-12-18)35-14-20-11-21(15-35)36(20)13-19-10-22(37-3)5-6-23(19)28/h4-10,12,20-21H,11,13-15H2,1-3H3,(H2,30,31,32,33,34). The van der Waals surface area contributed by atoms with E-state index in [1.54, 1.807) is 19.2 Å². The number of hydrogen-bond acceptors (Lipinski definition) is 8. The van der Waals surface area contributed by atoms with Gasteiger partial charge in [0.15, 0.2) is 11.6 Å². The van der Waals surface area contributed by atoms with E-state index in [-0.39, 0.29) is 5.82 Å². The van der Waals surface area contributed by atoms with Gasteiger partial charge in [0, 0.05) is 72.6 Å². The molecule has 1 aromatic carbocycles. The molecule has 0 spiro atoms. The van der Waals surface area contributed by atoms with Crippen molar-refractivity contribution in [1.82, 2.24) is 30.0 Å². The van der Waals surface area contributed by atoms with Crippen molar-refractivity contribution < 1.29 is 9.13 Å². The first-order valence-electron chi connectivity index (χ1n) is 12.4. The number of nitrogens with one attached hydrogen (secondary N) is 2. The van der Waals surface area contributed by atoms with Gasteiger partial charge in [-0.05, 0) is 50.6 Å². The van der Waals surface area contributed by atoms with E-state index in [4.69, 9.17) is 9.72 Å². The highest BCUT2D eigenvalue weighted by molar-refractivity contribution is 5.61. The Bertz CT molecular complexity index is 1410. The topological polar surface area (TPSA) is 95.1 Å². The van der Waals surface area contributed by atoms with Gasteiger partial charge in [-0.2, -0.15) is 5.10 Å². The number of nitrogens with zero attached hydrogens (tertiary/aromatic N) is 6. The minimum atomic E-state index is -0.184. The maximum absolute atomic E-state index is 14.4. The van der Waals surface area contributed by atoms with Crippen molar-refractivity contribution in [2.75, 3.05) is 30.4 Å². The lowest BCUT2D eigenvalue weighted by atomic mass is 9.86. The smallest absolute Gasteiger partial charge is 0.163 e. The first-order chi connectivity index (χ1) is 17.9. The van der Waals surface area contributed by atoms with Crippen LogP contribution in [-0.4, -0.2) is 62.3 Å². The average molecular weight is 501 g/mol. The fourth-order valence-corrected chi connectivity index (χ4v) is 5.21. The van der Waals surface area contributed by atoms with Gasteiger partial charge < -0.3 is 15.0 Å². The van der Waals surface area contributed by atoms with Crippen LogP contribution in [-0.2, 0) is 6.54 Å². The number of aromatic amines is 1. The molecule has 37 heavy (non-hydrogen) atoms. The summed E-state index contributed by atoms with van der Waals surface area (Å²) in [4.78, 5) is 18.7. The molecule has 3 aliphatic rings. The Morgan fingerprint density at radius 2 is 1.89 bits per heavy atom. The Hall–Kier alpha value is -4.05. The zero-order valence-electron chi connectivity index (χ0n) is 21.1. The van der Waals surface area contributed by atoms with E-state index >= 15 is 0 Å². The number of hydrogen-bond donors (Lipinski definition) is 2. The lowest BCUT2D eigenvalue weighted by Gasteiger charge is -2.56. The number of aryl methyl sites for hydroxylation is 2. The number of piperazine rings is 1. The van der Waals surface area contributed by atoms with Crippen molar-refractivity contribution in [2.24, 2.45) is 0 Å². The average Bonchev–Trinajstić information content (AvgIpc) is 3.32. The Morgan fingerprint density at radius 3 is 2.59 bits per heavy atom. The fraction of sp³-hybridized carbons (Fsp3) is 0.333. The number of pyridine rings is 1. The Balaban J connectivity index is 1.13. The van der Waals surface area contributed by atoms with Crippen LogP contribution in [0.25, 0.3) is 11.4 Å². The van der Waals surface area contributed by atoms with Crippen LogP contribution < -0.4 is 15.0 Å². The predicted octanol–water partition coefficient (Wildman–Crippen LogP) is 4.23. The summed E-state index contributed by atoms with van der Waals surface area (Å²) in [5, 5.41) is 10.4. The molecule has 0 amide bonds. The monoisotopic (exact) mass is 500 g/mol. The molecule has 2 unspecified atom stereocenters. The number of rotatable bonds is 7. The number of ether oxygens (including phenoxy) is 1. The van der Waals surface area contributed by atoms with Gasteiger partial charge in [0.2, 0.25) is 0 Å². The number of aromatic nitrogens is 5. The van der Waals surface area contributed by atoms with Crippen LogP contribution in [0.15, 0.2) is 48.7 Å². The molecule has 190 valence electrons. The molecular weight excluding hydrogens is 471 g/mol. The molecule has 10 heteroatoms. The summed E-state index contributed by atoms with van der Waals surface area (Å²) < 4.78 is 19.6. The zero-order valence-corrected chi connectivity index (χ0v) is 21.1. The van der Waals surface area contributed by atoms with E-state index in [1.165, 1.54) is 6.07 Å². The molecule has 2 atom stereocenters. The van der Waals surface area contributed by atoms with Gasteiger partial charge in [-0.3, -0.25) is 10.00 Å². The highest BCUT2D eigenvalue weighted by Crippen LogP contribution is 2.36. The molecule has 3 aromatic heterocycles. The van der Waals surface area contributed by atoms with Crippen molar-refractivity contribution in [2.45, 2.75) is 38.9 Å². The first kappa shape index (κ1) is 23.4. The summed E-state index contributed by atoms with van der Waals surface area (Å²) >= 11 is 0. The normalized spacial score (nSPS) is 19.0. The van der Waals surface area contributed by atoms with Crippen LogP contribution in [0.4, 0.5) is 21.8 Å². The molecule has 7 rings (SSSR count). The summed E-state index contributed by atoms with van der Waals surface area (Å²) in [5.74, 6) is 3.44. The van der Waals surface area contributed by atoms with Gasteiger partial charge in [-0.25, -0.2) is 19.3 Å². The van der Waals surface area contributed by atoms with Gasteiger partial charge in [0.25, 0.3) is 0 Å². The Labute approximate surface area is 214 Å². The molecule has 3 saturated heterocycles. The molecule has 3 fully saturated rings. The quantitative estimate of drug-likeness (QED) is 0.389. The summed E-state index contributed by atoms with van der Waals surface area (Å²) in [6, 6.07) is 13.6. The largest absolute Gasteiger partial charge is 0.497 e. The Morgan fingerprint density at radius 1 is 1.05 bits per heavy atom. The molecule has 2 bridgehead atoms. The number of piperidine rings is 1. The molecule has 6 heterocycles. The van der Waals surface area contributed by atoms with Crippen LogP contribution >= 0.6 is 0 Å². The summed E-state index contributed by atoms with van der Waals surface area (Å²) in [6.07, 6.45) is 2.96. The zero-order chi connectivity index (χ0) is 25.5. The predicted molar refractivity (Wildman–Crippen MR) is 140 cm³/mol. The molecule has 3 aliphatic heterocycles. The minimum Gasteiger partial charge on any atom is -0.497 e. The number of benzene rings is 1. The Kier molecular flexibility index (Phi) is 5.96. The van der Waals surface area contributed by atoms with Gasteiger partial charge in [0.1, 0.15) is 23.2 Å². The van der Waals surface area contributed by atoms with Gasteiger partial charge in [-0.1, -0.05) is 0 Å². The van der Waals surface area contributed by atoms with Crippen LogP contribution in [0.5, 0.6) is 5.75 Å². The van der Waals surface area contributed by atoms with Crippen molar-refractivity contribution in [3.63, 3.8) is 0 Å². The van der Waals surface area contributed by atoms with Crippen molar-refractivity contribution in [3.8, 4) is 17.1 Å². The summed E-state index contributed by atoms with van der Waals surface area (Å²) in [6.45, 7) is 6.22. The highest BCUT2D eigenvalue weighted by atomic mass is 19.1. The second-order valence-corrected chi connectivity index (χ2v) is 9.76. The van der Waals surface area contributed by atoms with Gasteiger partial charge in [-0.15, -0.1) is 0 Å². The third-order valence-electron chi connectivity index (χ3n) is 7.10. The first-order valence-corrected chi connectivity index (χ1v) is 12.4. The highest BCUT2D eigenvalue weighted by Gasteiger charge is 2.44. The van der Waals surface area contributed by atoms with Crippen LogP contribution in [0.3, 0.4) is 0 Å². The molecule has 2 N–H and O–H groups in total. The van der Waals surface area contributed by atoms with Crippen LogP contribution in [0.2, 0.25) is 0 Å². The molecular formula is C27H29FN8O. The molecule has 0 aliphatic carbocycles. The third-order valence-corrected chi connectivity index (χ3v) is 7.10. The van der Waals surface area contributed by atoms with E-state index in [0.29, 0.717) is 47.4 Å². The van der Waals surface area contributed by atoms with Gasteiger partial charge in [0.05, 0.1) is 7.11 Å². The summed E-state index contributed by atoms with van der Waals surface area (Å²) in [5.41, 5.74) is 3.36. The lowest BCUT2D eigenvalue weighted by Crippen LogP contribution is -2.68. The van der Waals surface area contributed by atoms with Crippen molar-refractivity contribution in [1.29, 1.82) is 0 Å². The van der Waals surface area contributed by atoms with Crippen molar-refractivity contribution in [3.05, 3.63) is 71.4 Å². The number of methoxy groups -OCH3 is 1. The second kappa shape index (κ2) is 9.44. The number of fused-ring (bicyclic) bond motifs is 2. The van der Waals surface area contributed by atoms with Crippen LogP contribution in [0.1, 0.15) is 23.4 Å². The van der Waals surface area contributed by atoms with Crippen molar-refractivity contribution >= 4 is 17.5 Å². The molecule has 0 radical (unpaired) electrons. The third kappa shape index (κ3) is 4.72.